The smallest absolute Gasteiger partial charge is 0.422 e. The van der Waals surface area contributed by atoms with Gasteiger partial charge >= 0.3 is 6.18 Å². The molecular weight excluding hydrogens is 574 g/mol. The molecule has 0 radical (unpaired) electrons. The summed E-state index contributed by atoms with van der Waals surface area (Å²) in [4.78, 5) is 0. The first kappa shape index (κ1) is 33.1. The number of alkyl halides is 3. The lowest BCUT2D eigenvalue weighted by Gasteiger charge is -2.29. The van der Waals surface area contributed by atoms with E-state index in [-0.39, 0.29) is 30.8 Å². The molecule has 43 heavy (non-hydrogen) atoms. The van der Waals surface area contributed by atoms with Gasteiger partial charge in [-0.1, -0.05) is 62.9 Å². The third-order valence-electron chi connectivity index (χ3n) is 7.43. The van der Waals surface area contributed by atoms with Crippen LogP contribution in [0.15, 0.2) is 42.5 Å². The number of halogens is 6. The minimum atomic E-state index is -4.73. The van der Waals surface area contributed by atoms with Gasteiger partial charge in [0.15, 0.2) is 30.3 Å². The predicted molar refractivity (Wildman–Crippen MR) is 152 cm³/mol. The van der Waals surface area contributed by atoms with Crippen LogP contribution in [0.5, 0.6) is 5.75 Å². The molecule has 3 aromatic rings. The maximum Gasteiger partial charge on any atom is 0.422 e. The molecule has 3 aromatic carbocycles. The van der Waals surface area contributed by atoms with Crippen molar-refractivity contribution >= 4 is 10.8 Å². The van der Waals surface area contributed by atoms with E-state index >= 15 is 4.39 Å². The summed E-state index contributed by atoms with van der Waals surface area (Å²) in [6.07, 6.45) is 2.41. The molecule has 4 rings (SSSR count). The lowest BCUT2D eigenvalue weighted by atomic mass is 9.98. The molecule has 4 nitrogen and oxygen atoms in total. The Bertz CT molecular complexity index is 1300. The van der Waals surface area contributed by atoms with Crippen LogP contribution in [0.25, 0.3) is 10.8 Å². The van der Waals surface area contributed by atoms with Crippen LogP contribution in [0.4, 0.5) is 26.3 Å². The largest absolute Gasteiger partial charge is 0.478 e. The number of ether oxygens (including phenoxy) is 4. The molecular formula is C33H38F6O4. The first-order valence-corrected chi connectivity index (χ1v) is 14.8. The fraction of sp³-hybridized carbons (Fsp3) is 0.515. The molecule has 0 spiro atoms. The highest BCUT2D eigenvalue weighted by molar-refractivity contribution is 5.84. The minimum absolute atomic E-state index is 0.0463. The van der Waals surface area contributed by atoms with Crippen LogP contribution in [0.1, 0.15) is 62.1 Å². The van der Waals surface area contributed by atoms with Gasteiger partial charge in [0, 0.05) is 18.4 Å². The van der Waals surface area contributed by atoms with Crippen molar-refractivity contribution in [2.45, 2.75) is 83.3 Å². The molecule has 0 unspecified atom stereocenters. The molecule has 0 bridgehead atoms. The van der Waals surface area contributed by atoms with E-state index in [1.807, 2.05) is 12.1 Å². The average Bonchev–Trinajstić information content (AvgIpc) is 2.97. The average molecular weight is 613 g/mol. The van der Waals surface area contributed by atoms with Crippen molar-refractivity contribution in [3.63, 3.8) is 0 Å². The molecule has 1 aliphatic rings. The molecule has 10 heteroatoms. The summed E-state index contributed by atoms with van der Waals surface area (Å²) in [7, 11) is 0. The van der Waals surface area contributed by atoms with Crippen LogP contribution in [-0.4, -0.2) is 45.0 Å². The fourth-order valence-electron chi connectivity index (χ4n) is 5.09. The molecule has 1 saturated heterocycles. The van der Waals surface area contributed by atoms with Gasteiger partial charge in [0.2, 0.25) is 0 Å². The van der Waals surface area contributed by atoms with E-state index in [1.165, 1.54) is 25.7 Å². The topological polar surface area (TPSA) is 36.9 Å². The van der Waals surface area contributed by atoms with Crippen LogP contribution >= 0.6 is 0 Å². The number of aryl methyl sites for hydroxylation is 3. The number of unbranched alkanes of at least 4 members (excludes halogenated alkanes) is 4. The van der Waals surface area contributed by atoms with Crippen molar-refractivity contribution in [1.82, 2.24) is 0 Å². The van der Waals surface area contributed by atoms with Gasteiger partial charge in [-0.15, -0.1) is 0 Å². The van der Waals surface area contributed by atoms with Crippen molar-refractivity contribution in [3.05, 3.63) is 76.6 Å². The molecule has 0 atom stereocenters. The van der Waals surface area contributed by atoms with Crippen molar-refractivity contribution in [1.29, 1.82) is 0 Å². The first-order chi connectivity index (χ1) is 20.6. The zero-order valence-electron chi connectivity index (χ0n) is 24.3. The van der Waals surface area contributed by atoms with E-state index in [0.717, 1.165) is 36.1 Å². The van der Waals surface area contributed by atoms with Gasteiger partial charge in [0.25, 0.3) is 0 Å². The molecule has 0 N–H and O–H groups in total. The second-order valence-corrected chi connectivity index (χ2v) is 10.9. The van der Waals surface area contributed by atoms with E-state index in [0.29, 0.717) is 37.0 Å². The third kappa shape index (κ3) is 10.1. The summed E-state index contributed by atoms with van der Waals surface area (Å²) in [6, 6.07) is 10.7. The van der Waals surface area contributed by atoms with Crippen molar-refractivity contribution in [3.8, 4) is 5.75 Å². The molecule has 1 heterocycles. The van der Waals surface area contributed by atoms with E-state index in [9.17, 15) is 22.0 Å². The van der Waals surface area contributed by atoms with E-state index in [4.69, 9.17) is 14.2 Å². The highest BCUT2D eigenvalue weighted by atomic mass is 19.4. The van der Waals surface area contributed by atoms with Gasteiger partial charge in [0.1, 0.15) is 11.9 Å². The number of fused-ring (bicyclic) bond motifs is 1. The maximum absolute atomic E-state index is 15.3. The summed E-state index contributed by atoms with van der Waals surface area (Å²) in [5.41, 5.74) is 1.55. The molecule has 236 valence electrons. The van der Waals surface area contributed by atoms with Gasteiger partial charge in [-0.2, -0.15) is 13.2 Å². The Morgan fingerprint density at radius 2 is 1.53 bits per heavy atom. The third-order valence-corrected chi connectivity index (χ3v) is 7.43. The highest BCUT2D eigenvalue weighted by Crippen LogP contribution is 2.28. The number of hydrogen-bond acceptors (Lipinski definition) is 4. The lowest BCUT2D eigenvalue weighted by molar-refractivity contribution is -0.227. The summed E-state index contributed by atoms with van der Waals surface area (Å²) in [5.74, 6) is -3.99. The molecule has 1 fully saturated rings. The van der Waals surface area contributed by atoms with Gasteiger partial charge in [-0.3, -0.25) is 0 Å². The van der Waals surface area contributed by atoms with Gasteiger partial charge in [-0.25, -0.2) is 13.2 Å². The van der Waals surface area contributed by atoms with Gasteiger partial charge < -0.3 is 18.9 Å². The van der Waals surface area contributed by atoms with E-state index in [2.05, 4.69) is 11.7 Å². The van der Waals surface area contributed by atoms with Crippen LogP contribution in [0.3, 0.4) is 0 Å². The van der Waals surface area contributed by atoms with E-state index < -0.39 is 36.0 Å². The molecule has 0 amide bonds. The zero-order chi connectivity index (χ0) is 30.8. The van der Waals surface area contributed by atoms with Crippen LogP contribution in [-0.2, 0) is 33.5 Å². The van der Waals surface area contributed by atoms with Crippen molar-refractivity contribution in [2.75, 3.05) is 26.4 Å². The second-order valence-electron chi connectivity index (χ2n) is 10.9. The Morgan fingerprint density at radius 1 is 0.814 bits per heavy atom. The van der Waals surface area contributed by atoms with Gasteiger partial charge in [0.05, 0.1) is 13.2 Å². The SMILES string of the molecule is CCCCCCCOC1COC(CCc2ccc3c(F)c(CCc4cc(F)c(OCC(F)(F)F)c(F)c4)ccc3c2)OC1. The number of hydrogen-bond donors (Lipinski definition) is 0. The van der Waals surface area contributed by atoms with Crippen molar-refractivity contribution in [2.24, 2.45) is 0 Å². The Labute approximate surface area is 248 Å². The fourth-order valence-corrected chi connectivity index (χ4v) is 5.09. The Kier molecular flexibility index (Phi) is 12.1. The normalized spacial score (nSPS) is 17.5. The molecule has 0 aromatic heterocycles. The monoisotopic (exact) mass is 612 g/mol. The standard InChI is InChI=1S/C33H38F6O4/c1-2-3-4-5-6-15-40-26-19-41-30(42-20-26)14-9-22-8-13-27-25(16-22)12-11-24(31(27)36)10-7-23-17-28(34)32(29(35)18-23)43-21-33(37,38)39/h8,11-13,16-18,26,30H,2-7,9-10,14-15,19-21H2,1H3. The summed E-state index contributed by atoms with van der Waals surface area (Å²) in [6.45, 7) is 2.11. The molecule has 0 saturated carbocycles. The number of rotatable bonds is 15. The Morgan fingerprint density at radius 3 is 2.23 bits per heavy atom. The maximum atomic E-state index is 15.3. The number of benzene rings is 3. The minimum Gasteiger partial charge on any atom is -0.478 e. The first-order valence-electron chi connectivity index (χ1n) is 14.8. The predicted octanol–water partition coefficient (Wildman–Crippen LogP) is 8.64. The summed E-state index contributed by atoms with van der Waals surface area (Å²) in [5, 5.41) is 1.15. The zero-order valence-corrected chi connectivity index (χ0v) is 24.3. The molecule has 0 aliphatic carbocycles. The van der Waals surface area contributed by atoms with Gasteiger partial charge in [-0.05, 0) is 59.9 Å². The van der Waals surface area contributed by atoms with Crippen molar-refractivity contribution < 1.29 is 45.3 Å². The van der Waals surface area contributed by atoms with E-state index in [1.54, 1.807) is 18.2 Å². The second kappa shape index (κ2) is 15.8. The highest BCUT2D eigenvalue weighted by Gasteiger charge is 2.30. The van der Waals surface area contributed by atoms with Crippen LogP contribution < -0.4 is 4.74 Å². The molecule has 1 aliphatic heterocycles. The lowest BCUT2D eigenvalue weighted by Crippen LogP contribution is -2.37. The van der Waals surface area contributed by atoms with Crippen LogP contribution in [0.2, 0.25) is 0 Å². The summed E-state index contributed by atoms with van der Waals surface area (Å²) >= 11 is 0. The summed E-state index contributed by atoms with van der Waals surface area (Å²) < 4.78 is 102. The Hall–Kier alpha value is -2.82. The Balaban J connectivity index is 1.25. The van der Waals surface area contributed by atoms with Crippen LogP contribution in [0, 0.1) is 17.5 Å². The quantitative estimate of drug-likeness (QED) is 0.127.